The van der Waals surface area contributed by atoms with E-state index in [0.717, 1.165) is 37.3 Å². The van der Waals surface area contributed by atoms with E-state index in [2.05, 4.69) is 29.2 Å². The average Bonchev–Trinajstić information content (AvgIpc) is 2.97. The fourth-order valence-corrected chi connectivity index (χ4v) is 6.61. The Bertz CT molecular complexity index is 1030. The van der Waals surface area contributed by atoms with Gasteiger partial charge in [-0.1, -0.05) is 6.07 Å². The molecule has 5 rings (SSSR count). The smallest absolute Gasteiger partial charge is 0.407 e. The first-order valence-corrected chi connectivity index (χ1v) is 12.3. The van der Waals surface area contributed by atoms with Crippen molar-refractivity contribution < 1.29 is 19.4 Å². The van der Waals surface area contributed by atoms with Crippen molar-refractivity contribution in [2.75, 3.05) is 51.1 Å². The fraction of sp³-hybridized carbons (Fsp3) is 0.480. The van der Waals surface area contributed by atoms with E-state index in [1.807, 2.05) is 17.8 Å². The number of anilines is 1. The molecule has 3 heterocycles. The van der Waals surface area contributed by atoms with Gasteiger partial charge in [-0.2, -0.15) is 0 Å². The number of rotatable bonds is 5. The van der Waals surface area contributed by atoms with Gasteiger partial charge in [0.05, 0.1) is 19.4 Å². The van der Waals surface area contributed by atoms with E-state index in [4.69, 9.17) is 9.47 Å². The molecule has 2 atom stereocenters. The van der Waals surface area contributed by atoms with Crippen LogP contribution in [0.25, 0.3) is 11.1 Å². The van der Waals surface area contributed by atoms with E-state index in [-0.39, 0.29) is 5.92 Å². The van der Waals surface area contributed by atoms with Crippen LogP contribution in [0.1, 0.15) is 29.9 Å². The summed E-state index contributed by atoms with van der Waals surface area (Å²) in [5, 5.41) is 9.63. The Morgan fingerprint density at radius 1 is 1.22 bits per heavy atom. The lowest BCUT2D eigenvalue weighted by Crippen LogP contribution is -2.48. The van der Waals surface area contributed by atoms with Crippen LogP contribution in [0.3, 0.4) is 0 Å². The van der Waals surface area contributed by atoms with Gasteiger partial charge in [-0.3, -0.25) is 0 Å². The first kappa shape index (κ1) is 21.5. The second-order valence-electron chi connectivity index (χ2n) is 8.76. The first-order valence-electron chi connectivity index (χ1n) is 11.3. The van der Waals surface area contributed by atoms with E-state index in [1.54, 1.807) is 19.1 Å². The molecule has 3 aliphatic rings. The summed E-state index contributed by atoms with van der Waals surface area (Å²) in [5.74, 6) is 2.20. The summed E-state index contributed by atoms with van der Waals surface area (Å²) in [5.41, 5.74) is 6.28. The number of thioether (sulfide) groups is 1. The fourth-order valence-electron chi connectivity index (χ4n) is 5.54. The molecular weight excluding hydrogens is 424 g/mol. The van der Waals surface area contributed by atoms with Crippen LogP contribution in [0.5, 0.6) is 5.75 Å². The van der Waals surface area contributed by atoms with Crippen molar-refractivity contribution in [2.24, 2.45) is 0 Å². The lowest BCUT2D eigenvalue weighted by atomic mass is 9.87. The van der Waals surface area contributed by atoms with Gasteiger partial charge < -0.3 is 24.4 Å². The van der Waals surface area contributed by atoms with Gasteiger partial charge in [0.1, 0.15) is 5.75 Å². The maximum absolute atomic E-state index is 11.7. The Labute approximate surface area is 193 Å². The summed E-state index contributed by atoms with van der Waals surface area (Å²) in [6.07, 6.45) is 2.06. The van der Waals surface area contributed by atoms with Crippen LogP contribution in [0.2, 0.25) is 0 Å². The molecule has 2 aromatic carbocycles. The third-order valence-electron chi connectivity index (χ3n) is 7.04. The number of nitrogens with zero attached hydrogens (tertiary/aromatic N) is 2. The summed E-state index contributed by atoms with van der Waals surface area (Å²) in [6.45, 7) is 2.91. The van der Waals surface area contributed by atoms with Crippen molar-refractivity contribution in [2.45, 2.75) is 36.1 Å². The van der Waals surface area contributed by atoms with Crippen molar-refractivity contribution >= 4 is 23.5 Å². The van der Waals surface area contributed by atoms with Gasteiger partial charge in [0.15, 0.2) is 0 Å². The van der Waals surface area contributed by atoms with Crippen LogP contribution in [0, 0.1) is 0 Å². The van der Waals surface area contributed by atoms with E-state index in [9.17, 15) is 9.90 Å². The van der Waals surface area contributed by atoms with Gasteiger partial charge >= 0.3 is 6.09 Å². The van der Waals surface area contributed by atoms with Gasteiger partial charge in [0.25, 0.3) is 0 Å². The average molecular weight is 455 g/mol. The van der Waals surface area contributed by atoms with Gasteiger partial charge in [-0.15, -0.1) is 11.8 Å². The van der Waals surface area contributed by atoms with Gasteiger partial charge in [-0.25, -0.2) is 4.79 Å². The number of likely N-dealkylation sites (tertiary alicyclic amines) is 1. The number of benzene rings is 2. The van der Waals surface area contributed by atoms with Crippen LogP contribution in [0.15, 0.2) is 35.2 Å². The quantitative estimate of drug-likeness (QED) is 0.707. The number of methoxy groups -OCH3 is 2. The van der Waals surface area contributed by atoms with Crippen LogP contribution in [0.4, 0.5) is 10.5 Å². The highest BCUT2D eigenvalue weighted by Gasteiger charge is 2.44. The van der Waals surface area contributed by atoms with E-state index in [0.29, 0.717) is 25.7 Å². The zero-order valence-electron chi connectivity index (χ0n) is 18.7. The van der Waals surface area contributed by atoms with Crippen LogP contribution in [-0.4, -0.2) is 68.4 Å². The van der Waals surface area contributed by atoms with Gasteiger partial charge in [-0.05, 0) is 71.5 Å². The van der Waals surface area contributed by atoms with Crippen molar-refractivity contribution in [3.8, 4) is 16.9 Å². The molecule has 1 saturated heterocycles. The highest BCUT2D eigenvalue weighted by atomic mass is 32.2. The zero-order valence-corrected chi connectivity index (χ0v) is 19.5. The second-order valence-corrected chi connectivity index (χ2v) is 9.90. The molecule has 1 amide bonds. The number of carboxylic acid groups (broad SMARTS) is 1. The molecule has 1 N–H and O–H groups in total. The predicted octanol–water partition coefficient (Wildman–Crippen LogP) is 4.70. The number of hydrogen-bond acceptors (Lipinski definition) is 5. The molecule has 3 aliphatic heterocycles. The summed E-state index contributed by atoms with van der Waals surface area (Å²) in [6, 6.07) is 11.3. The molecule has 32 heavy (non-hydrogen) atoms. The summed E-state index contributed by atoms with van der Waals surface area (Å²) in [7, 11) is 3.42. The minimum absolute atomic E-state index is 0.230. The van der Waals surface area contributed by atoms with Crippen molar-refractivity contribution in [1.29, 1.82) is 0 Å². The summed E-state index contributed by atoms with van der Waals surface area (Å²) in [4.78, 5) is 17.2. The standard InChI is InChI=1S/C25H30N2O4S/c1-30-10-7-16-12-18(31-2)4-5-19(16)17-13-20-21-15-26(25(28)29)9-6-22(21)27-8-3-11-32-23(14-17)24(20)27/h4-5,12-14,21-22H,3,6-11,15H2,1-2H3,(H,28,29)/t21-,22-/m0/s1. The number of fused-ring (bicyclic) bond motifs is 3. The van der Waals surface area contributed by atoms with Crippen molar-refractivity contribution in [3.05, 3.63) is 41.5 Å². The number of carbonyl (C=O) groups is 1. The third kappa shape index (κ3) is 3.71. The molecule has 7 heteroatoms. The van der Waals surface area contributed by atoms with Crippen LogP contribution >= 0.6 is 11.8 Å². The number of piperidine rings is 1. The monoisotopic (exact) mass is 454 g/mol. The molecule has 0 aromatic heterocycles. The SMILES string of the molecule is COCCc1cc(OC)ccc1-c1cc2c3c(c1)[C@@H]1CN(C(=O)O)CC[C@@H]1N3CCCS2. The molecule has 2 aromatic rings. The van der Waals surface area contributed by atoms with Crippen molar-refractivity contribution in [1.82, 2.24) is 4.90 Å². The number of hydrogen-bond donors (Lipinski definition) is 1. The normalized spacial score (nSPS) is 21.7. The minimum atomic E-state index is -0.807. The molecule has 0 bridgehead atoms. The summed E-state index contributed by atoms with van der Waals surface area (Å²) >= 11 is 1.94. The Balaban J connectivity index is 1.61. The lowest BCUT2D eigenvalue weighted by molar-refractivity contribution is 0.127. The van der Waals surface area contributed by atoms with Crippen LogP contribution in [-0.2, 0) is 11.2 Å². The molecule has 1 fully saturated rings. The highest BCUT2D eigenvalue weighted by molar-refractivity contribution is 7.99. The molecule has 0 unspecified atom stereocenters. The Morgan fingerprint density at radius 3 is 2.88 bits per heavy atom. The third-order valence-corrected chi connectivity index (χ3v) is 8.15. The first-order chi connectivity index (χ1) is 15.6. The number of amides is 1. The molecule has 0 saturated carbocycles. The molecule has 0 radical (unpaired) electrons. The van der Waals surface area contributed by atoms with Gasteiger partial charge in [0, 0.05) is 43.6 Å². The van der Waals surface area contributed by atoms with Crippen molar-refractivity contribution in [3.63, 3.8) is 0 Å². The highest BCUT2D eigenvalue weighted by Crippen LogP contribution is 2.52. The second kappa shape index (κ2) is 8.87. The molecule has 0 spiro atoms. The largest absolute Gasteiger partial charge is 0.497 e. The topological polar surface area (TPSA) is 62.2 Å². The van der Waals surface area contributed by atoms with E-state index in [1.165, 1.54) is 32.8 Å². The van der Waals surface area contributed by atoms with E-state index >= 15 is 0 Å². The van der Waals surface area contributed by atoms with Crippen LogP contribution < -0.4 is 9.64 Å². The van der Waals surface area contributed by atoms with E-state index < -0.39 is 6.09 Å². The maximum atomic E-state index is 11.7. The Morgan fingerprint density at radius 2 is 2.09 bits per heavy atom. The molecule has 0 aliphatic carbocycles. The predicted molar refractivity (Wildman–Crippen MR) is 127 cm³/mol. The maximum Gasteiger partial charge on any atom is 0.407 e. The lowest BCUT2D eigenvalue weighted by Gasteiger charge is -2.37. The molecule has 170 valence electrons. The Hall–Kier alpha value is -2.38. The Kier molecular flexibility index (Phi) is 5.95. The minimum Gasteiger partial charge on any atom is -0.497 e. The molecular formula is C25H30N2O4S. The summed E-state index contributed by atoms with van der Waals surface area (Å²) < 4.78 is 10.8. The molecule has 6 nitrogen and oxygen atoms in total. The van der Waals surface area contributed by atoms with Gasteiger partial charge in [0.2, 0.25) is 0 Å². The zero-order chi connectivity index (χ0) is 22.2. The number of ether oxygens (including phenoxy) is 2.